The maximum absolute atomic E-state index is 12.2. The normalized spacial score (nSPS) is 30.7. The summed E-state index contributed by atoms with van der Waals surface area (Å²) < 4.78 is 5.31. The van der Waals surface area contributed by atoms with Crippen molar-refractivity contribution >= 4 is 17.9 Å². The summed E-state index contributed by atoms with van der Waals surface area (Å²) in [5.74, 6) is -2.63. The van der Waals surface area contributed by atoms with Gasteiger partial charge in [0.1, 0.15) is 24.4 Å². The number of phenols is 1. The van der Waals surface area contributed by atoms with E-state index in [1.165, 1.54) is 29.2 Å². The highest BCUT2D eigenvalue weighted by molar-refractivity contribution is 5.90. The first-order chi connectivity index (χ1) is 12.7. The predicted molar refractivity (Wildman–Crippen MR) is 93.6 cm³/mol. The number of esters is 1. The van der Waals surface area contributed by atoms with Crippen LogP contribution in [0.5, 0.6) is 5.75 Å². The number of carbonyl (C=O) groups excluding carboxylic acids is 1. The number of rotatable bonds is 3. The van der Waals surface area contributed by atoms with E-state index in [4.69, 9.17) is 16.2 Å². The van der Waals surface area contributed by atoms with Crippen molar-refractivity contribution in [1.82, 2.24) is 10.2 Å². The maximum atomic E-state index is 12.2. The predicted octanol–water partition coefficient (Wildman–Crippen LogP) is -2.38. The summed E-state index contributed by atoms with van der Waals surface area (Å²) in [5.41, 5.74) is 10.6. The van der Waals surface area contributed by atoms with Crippen molar-refractivity contribution in [3.05, 3.63) is 29.8 Å². The van der Waals surface area contributed by atoms with Gasteiger partial charge in [-0.1, -0.05) is 0 Å². The van der Waals surface area contributed by atoms with E-state index in [0.29, 0.717) is 0 Å². The average molecular weight is 376 g/mol. The van der Waals surface area contributed by atoms with E-state index >= 15 is 0 Å². The highest BCUT2D eigenvalue weighted by Gasteiger charge is 2.69. The van der Waals surface area contributed by atoms with E-state index < -0.39 is 29.5 Å². The zero-order chi connectivity index (χ0) is 19.4. The number of benzene rings is 1. The second kappa shape index (κ2) is 5.72. The molecule has 27 heavy (non-hydrogen) atoms. The highest BCUT2D eigenvalue weighted by atomic mass is 16.5. The number of hydrogen-bond acceptors (Lipinski definition) is 11. The molecule has 0 radical (unpaired) electrons. The maximum Gasteiger partial charge on any atom is 0.338 e. The van der Waals surface area contributed by atoms with E-state index in [0.717, 1.165) is 0 Å². The van der Waals surface area contributed by atoms with Crippen LogP contribution in [0.15, 0.2) is 34.3 Å². The Balaban J connectivity index is 1.58. The zero-order valence-corrected chi connectivity index (χ0v) is 14.2. The van der Waals surface area contributed by atoms with Gasteiger partial charge in [0.25, 0.3) is 0 Å². The monoisotopic (exact) mass is 376 g/mol. The molecule has 0 bridgehead atoms. The number of nitrogens with two attached hydrogens (primary N) is 2. The Labute approximate surface area is 154 Å². The lowest BCUT2D eigenvalue weighted by Crippen LogP contribution is -2.76. The van der Waals surface area contributed by atoms with Crippen molar-refractivity contribution in [1.29, 1.82) is 0 Å². The van der Waals surface area contributed by atoms with E-state index in [1.807, 2.05) is 0 Å². The Morgan fingerprint density at radius 2 is 2.00 bits per heavy atom. The van der Waals surface area contributed by atoms with Crippen LogP contribution >= 0.6 is 0 Å². The van der Waals surface area contributed by atoms with Crippen LogP contribution in [0.4, 0.5) is 0 Å². The number of aliphatic hydroxyl groups is 2. The largest absolute Gasteiger partial charge is 0.508 e. The molecule has 1 fully saturated rings. The molecule has 8 N–H and O–H groups in total. The molecule has 3 aliphatic rings. The van der Waals surface area contributed by atoms with Gasteiger partial charge >= 0.3 is 5.97 Å². The molecule has 0 aliphatic carbocycles. The minimum Gasteiger partial charge on any atom is -0.508 e. The molecule has 0 aromatic heterocycles. The van der Waals surface area contributed by atoms with Crippen molar-refractivity contribution < 1.29 is 24.9 Å². The second-order valence-corrected chi connectivity index (χ2v) is 6.77. The molecule has 11 nitrogen and oxygen atoms in total. The minimum atomic E-state index is -2.15. The molecule has 3 atom stereocenters. The number of phenolic OH excluding ortho intramolecular Hbond substituents is 1. The summed E-state index contributed by atoms with van der Waals surface area (Å²) in [4.78, 5) is 22.3. The number of guanidine groups is 2. The van der Waals surface area contributed by atoms with Gasteiger partial charge in [-0.25, -0.2) is 14.8 Å². The lowest BCUT2D eigenvalue weighted by atomic mass is 9.87. The quantitative estimate of drug-likeness (QED) is 0.248. The number of hydrogen-bond donors (Lipinski definition) is 6. The fraction of sp³-hybridized carbons (Fsp3) is 0.438. The van der Waals surface area contributed by atoms with Crippen LogP contribution in [0.2, 0.25) is 0 Å². The molecule has 0 saturated carbocycles. The summed E-state index contributed by atoms with van der Waals surface area (Å²) in [6, 6.07) is 4.03. The molecular weight excluding hydrogens is 356 g/mol. The van der Waals surface area contributed by atoms with Crippen LogP contribution in [-0.4, -0.2) is 74.8 Å². The summed E-state index contributed by atoms with van der Waals surface area (Å²) in [7, 11) is 0. The number of nitrogens with zero attached hydrogens (tertiary/aromatic N) is 3. The molecule has 4 rings (SSSR count). The Bertz CT molecular complexity index is 838. The minimum absolute atomic E-state index is 0.0233. The van der Waals surface area contributed by atoms with Gasteiger partial charge in [-0.3, -0.25) is 0 Å². The standard InChI is InChI=1S/C16H20N6O5/c17-13-20-11-10(7-27-12(24)8-1-3-9(23)4-2-8)19-14(18)22-6-5-15(25,26)16(11,22)21-13/h1-4,10-11,23,25-26H,5-7H2,(H2,18,19)(H3,17,20,21). The van der Waals surface area contributed by atoms with E-state index in [-0.39, 0.29) is 42.8 Å². The number of ether oxygens (including phenoxy) is 1. The van der Waals surface area contributed by atoms with Crippen LogP contribution < -0.4 is 16.8 Å². The topological polar surface area (TPSA) is 179 Å². The van der Waals surface area contributed by atoms with Crippen LogP contribution in [-0.2, 0) is 4.74 Å². The summed E-state index contributed by atoms with van der Waals surface area (Å²) >= 11 is 0. The SMILES string of the molecule is NC1=NC2C(COC(=O)c3ccc(O)cc3)N=C(N)N3CCC(O)(O)C23N1. The van der Waals surface area contributed by atoms with Crippen molar-refractivity contribution in [3.8, 4) is 5.75 Å². The summed E-state index contributed by atoms with van der Waals surface area (Å²) in [5, 5.41) is 33.3. The van der Waals surface area contributed by atoms with Crippen LogP contribution in [0.3, 0.4) is 0 Å². The number of nitrogens with one attached hydrogen (secondary N) is 1. The fourth-order valence-corrected chi connectivity index (χ4v) is 3.90. The summed E-state index contributed by atoms with van der Waals surface area (Å²) in [6.07, 6.45) is 0.0233. The van der Waals surface area contributed by atoms with Crippen LogP contribution in [0.1, 0.15) is 16.8 Å². The number of carbonyl (C=O) groups is 1. The smallest absolute Gasteiger partial charge is 0.338 e. The molecule has 1 spiro atoms. The second-order valence-electron chi connectivity index (χ2n) is 6.77. The average Bonchev–Trinajstić information content (AvgIpc) is 3.10. The Kier molecular flexibility index (Phi) is 3.68. The third-order valence-corrected chi connectivity index (χ3v) is 5.17. The molecule has 144 valence electrons. The van der Waals surface area contributed by atoms with Gasteiger partial charge in [-0.15, -0.1) is 0 Å². The Morgan fingerprint density at radius 1 is 1.30 bits per heavy atom. The van der Waals surface area contributed by atoms with Gasteiger partial charge < -0.3 is 41.7 Å². The Morgan fingerprint density at radius 3 is 2.70 bits per heavy atom. The first kappa shape index (κ1) is 17.4. The molecule has 3 aliphatic heterocycles. The fourth-order valence-electron chi connectivity index (χ4n) is 3.90. The van der Waals surface area contributed by atoms with Crippen molar-refractivity contribution in [2.24, 2.45) is 21.5 Å². The van der Waals surface area contributed by atoms with Crippen molar-refractivity contribution in [2.75, 3.05) is 13.2 Å². The highest BCUT2D eigenvalue weighted by Crippen LogP contribution is 2.44. The lowest BCUT2D eigenvalue weighted by molar-refractivity contribution is -0.221. The van der Waals surface area contributed by atoms with Gasteiger partial charge in [-0.2, -0.15) is 0 Å². The number of aliphatic imine (C=N–C) groups is 2. The van der Waals surface area contributed by atoms with Crippen LogP contribution in [0, 0.1) is 0 Å². The first-order valence-corrected chi connectivity index (χ1v) is 8.38. The van der Waals surface area contributed by atoms with E-state index in [9.17, 15) is 20.1 Å². The molecule has 0 amide bonds. The molecule has 11 heteroatoms. The molecule has 3 heterocycles. The van der Waals surface area contributed by atoms with Gasteiger partial charge in [0.2, 0.25) is 5.79 Å². The van der Waals surface area contributed by atoms with Crippen LogP contribution in [0.25, 0.3) is 0 Å². The van der Waals surface area contributed by atoms with Crippen molar-refractivity contribution in [2.45, 2.75) is 30.0 Å². The Hall–Kier alpha value is -3.05. The van der Waals surface area contributed by atoms with Gasteiger partial charge in [-0.05, 0) is 24.3 Å². The molecule has 3 unspecified atom stereocenters. The van der Waals surface area contributed by atoms with E-state index in [2.05, 4.69) is 15.3 Å². The third kappa shape index (κ3) is 2.46. The lowest BCUT2D eigenvalue weighted by Gasteiger charge is -2.48. The van der Waals surface area contributed by atoms with Gasteiger partial charge in [0.05, 0.1) is 5.56 Å². The molecule has 1 saturated heterocycles. The number of aromatic hydroxyl groups is 1. The van der Waals surface area contributed by atoms with Crippen molar-refractivity contribution in [3.63, 3.8) is 0 Å². The summed E-state index contributed by atoms with van der Waals surface area (Å²) in [6.45, 7) is 0.0733. The van der Waals surface area contributed by atoms with Gasteiger partial charge in [0, 0.05) is 13.0 Å². The molecule has 1 aromatic rings. The zero-order valence-electron chi connectivity index (χ0n) is 14.2. The third-order valence-electron chi connectivity index (χ3n) is 5.17. The molecule has 1 aromatic carbocycles. The molecular formula is C16H20N6O5. The first-order valence-electron chi connectivity index (χ1n) is 8.38. The van der Waals surface area contributed by atoms with Gasteiger partial charge in [0.15, 0.2) is 17.6 Å². The van der Waals surface area contributed by atoms with E-state index in [1.54, 1.807) is 0 Å².